The quantitative estimate of drug-likeness (QED) is 0.289. The number of rotatable bonds is 6. The van der Waals surface area contributed by atoms with Crippen LogP contribution in [0, 0.1) is 34.5 Å². The molecule has 0 spiro atoms. The predicted octanol–water partition coefficient (Wildman–Crippen LogP) is 4.90. The first-order chi connectivity index (χ1) is 22.3. The van der Waals surface area contributed by atoms with Crippen LogP contribution in [0.15, 0.2) is 0 Å². The molecule has 264 valence electrons. The lowest BCUT2D eigenvalue weighted by Crippen LogP contribution is -2.61. The first-order valence-electron chi connectivity index (χ1n) is 18.5. The summed E-state index contributed by atoms with van der Waals surface area (Å²) in [6.45, 7) is 14.4. The fraction of sp³-hybridized carbons (Fsp3) is 0.892. The Balaban J connectivity index is 1.21. The van der Waals surface area contributed by atoms with Crippen molar-refractivity contribution in [3.63, 3.8) is 0 Å². The molecular formula is C37H58N2O8. The van der Waals surface area contributed by atoms with Gasteiger partial charge in [-0.3, -0.25) is 29.0 Å². The number of esters is 4. The monoisotopic (exact) mass is 658 g/mol. The predicted molar refractivity (Wildman–Crippen MR) is 174 cm³/mol. The van der Waals surface area contributed by atoms with Crippen molar-refractivity contribution < 1.29 is 38.1 Å². The molecule has 0 radical (unpaired) electrons. The minimum absolute atomic E-state index is 0.0303. The van der Waals surface area contributed by atoms with Crippen LogP contribution in [-0.2, 0) is 38.1 Å². The summed E-state index contributed by atoms with van der Waals surface area (Å²) in [5.41, 5.74) is 0.0655. The number of hydrogen-bond donors (Lipinski definition) is 0. The highest BCUT2D eigenvalue weighted by atomic mass is 16.6. The van der Waals surface area contributed by atoms with Crippen LogP contribution >= 0.6 is 0 Å². The maximum atomic E-state index is 12.5. The van der Waals surface area contributed by atoms with Gasteiger partial charge in [0, 0.05) is 71.4 Å². The highest BCUT2D eigenvalue weighted by molar-refractivity contribution is 5.67. The molecule has 10 heteroatoms. The number of carbonyl (C=O) groups excluding carboxylic acids is 4. The third-order valence-corrected chi connectivity index (χ3v) is 13.8. The second kappa shape index (κ2) is 13.6. The average Bonchev–Trinajstić information content (AvgIpc) is 3.28. The number of fused-ring (bicyclic) bond motifs is 5. The van der Waals surface area contributed by atoms with Gasteiger partial charge in [0.25, 0.3) is 0 Å². The second-order valence-electron chi connectivity index (χ2n) is 16.4. The van der Waals surface area contributed by atoms with Gasteiger partial charge in [-0.25, -0.2) is 0 Å². The van der Waals surface area contributed by atoms with Gasteiger partial charge in [0.05, 0.1) is 0 Å². The molecule has 0 bridgehead atoms. The molecule has 0 N–H and O–H groups in total. The molecule has 4 saturated carbocycles. The summed E-state index contributed by atoms with van der Waals surface area (Å²) in [6, 6.07) is 0.344. The number of carbonyl (C=O) groups is 4. The molecule has 6 aliphatic rings. The minimum Gasteiger partial charge on any atom is -0.462 e. The summed E-state index contributed by atoms with van der Waals surface area (Å²) in [6.07, 6.45) is 10.4. The molecule has 6 fully saturated rings. The van der Waals surface area contributed by atoms with Crippen LogP contribution in [0.4, 0.5) is 0 Å². The summed E-state index contributed by atoms with van der Waals surface area (Å²) in [7, 11) is 0. The normalized spacial score (nSPS) is 41.6. The smallest absolute Gasteiger partial charge is 0.302 e. The molecule has 2 heterocycles. The zero-order valence-corrected chi connectivity index (χ0v) is 29.5. The molecule has 10 nitrogen and oxygen atoms in total. The van der Waals surface area contributed by atoms with E-state index in [4.69, 9.17) is 18.9 Å². The molecule has 0 aromatic rings. The van der Waals surface area contributed by atoms with Crippen LogP contribution in [0.5, 0.6) is 0 Å². The van der Waals surface area contributed by atoms with Crippen LogP contribution in [-0.4, -0.2) is 96.4 Å². The van der Waals surface area contributed by atoms with Gasteiger partial charge < -0.3 is 18.9 Å². The van der Waals surface area contributed by atoms with Crippen molar-refractivity contribution >= 4 is 23.9 Å². The Labute approximate surface area is 280 Å². The maximum absolute atomic E-state index is 12.5. The lowest BCUT2D eigenvalue weighted by Gasteiger charge is -2.62. The molecule has 6 rings (SSSR count). The van der Waals surface area contributed by atoms with Crippen molar-refractivity contribution in [1.29, 1.82) is 0 Å². The zero-order valence-electron chi connectivity index (χ0n) is 29.5. The highest BCUT2D eigenvalue weighted by Crippen LogP contribution is 2.67. The summed E-state index contributed by atoms with van der Waals surface area (Å²) >= 11 is 0. The number of ether oxygens (including phenoxy) is 4. The number of piperidine rings is 2. The Hall–Kier alpha value is -2.20. The molecular weight excluding hydrogens is 600 g/mol. The largest absolute Gasteiger partial charge is 0.462 e. The van der Waals surface area contributed by atoms with Crippen molar-refractivity contribution in [3.8, 4) is 0 Å². The molecule has 0 amide bonds. The van der Waals surface area contributed by atoms with Gasteiger partial charge in [-0.15, -0.1) is 0 Å². The van der Waals surface area contributed by atoms with Crippen molar-refractivity contribution in [2.75, 3.05) is 26.2 Å². The van der Waals surface area contributed by atoms with Crippen molar-refractivity contribution in [2.45, 2.75) is 149 Å². The van der Waals surface area contributed by atoms with Gasteiger partial charge in [-0.1, -0.05) is 13.8 Å². The molecule has 47 heavy (non-hydrogen) atoms. The van der Waals surface area contributed by atoms with Crippen LogP contribution in [0.25, 0.3) is 0 Å². The molecule has 0 aromatic carbocycles. The first kappa shape index (κ1) is 34.7. The van der Waals surface area contributed by atoms with Crippen molar-refractivity contribution in [1.82, 2.24) is 9.80 Å². The Morgan fingerprint density at radius 2 is 1.11 bits per heavy atom. The van der Waals surface area contributed by atoms with Crippen LogP contribution in [0.1, 0.15) is 112 Å². The van der Waals surface area contributed by atoms with Gasteiger partial charge in [0.1, 0.15) is 24.4 Å². The lowest BCUT2D eigenvalue weighted by molar-refractivity contribution is -0.182. The summed E-state index contributed by atoms with van der Waals surface area (Å²) in [4.78, 5) is 53.1. The van der Waals surface area contributed by atoms with Gasteiger partial charge in [0.15, 0.2) is 0 Å². The third-order valence-electron chi connectivity index (χ3n) is 13.8. The van der Waals surface area contributed by atoms with E-state index in [1.54, 1.807) is 6.92 Å². The van der Waals surface area contributed by atoms with E-state index >= 15 is 0 Å². The molecule has 2 saturated heterocycles. The van der Waals surface area contributed by atoms with E-state index in [2.05, 4.69) is 23.6 Å². The third kappa shape index (κ3) is 6.84. The summed E-state index contributed by atoms with van der Waals surface area (Å²) in [5.74, 6) is 1.29. The maximum Gasteiger partial charge on any atom is 0.302 e. The number of likely N-dealkylation sites (tertiary alicyclic amines) is 2. The molecule has 4 aliphatic carbocycles. The van der Waals surface area contributed by atoms with Crippen LogP contribution in [0.2, 0.25) is 0 Å². The van der Waals surface area contributed by atoms with E-state index in [0.29, 0.717) is 23.7 Å². The van der Waals surface area contributed by atoms with Gasteiger partial charge in [0.2, 0.25) is 0 Å². The molecule has 10 atom stereocenters. The van der Waals surface area contributed by atoms with E-state index < -0.39 is 0 Å². The number of nitrogens with zero attached hydrogens (tertiary/aromatic N) is 2. The van der Waals surface area contributed by atoms with Gasteiger partial charge in [-0.2, -0.15) is 0 Å². The van der Waals surface area contributed by atoms with E-state index in [-0.39, 0.29) is 71.2 Å². The zero-order chi connectivity index (χ0) is 33.7. The standard InChI is InChI=1S/C37H58N2O8/c1-22(40)44-27-10-15-38(16-11-27)32-20-31-29-8-7-26-19-34(46-24(3)42)33(39-17-12-28(13-18-39)45-23(2)41)21-37(26,6)30(29)9-14-36(31,5)35(32)47-25(4)43/h26-35H,7-21H2,1-6H3/t26-,29+,30-,31-,32-,33-,34-,35-,36-,37-/m0/s1. The Bertz CT molecular complexity index is 1190. The van der Waals surface area contributed by atoms with Gasteiger partial charge >= 0.3 is 23.9 Å². The molecule has 0 aromatic heterocycles. The van der Waals surface area contributed by atoms with E-state index in [1.165, 1.54) is 27.2 Å². The Morgan fingerprint density at radius 1 is 0.574 bits per heavy atom. The van der Waals surface area contributed by atoms with Crippen molar-refractivity contribution in [2.24, 2.45) is 34.5 Å². The lowest BCUT2D eigenvalue weighted by atomic mass is 9.44. The Kier molecular flexibility index (Phi) is 10.0. The van der Waals surface area contributed by atoms with Crippen LogP contribution in [0.3, 0.4) is 0 Å². The average molecular weight is 659 g/mol. The summed E-state index contributed by atoms with van der Waals surface area (Å²) < 4.78 is 23.4. The highest BCUT2D eigenvalue weighted by Gasteiger charge is 2.65. The van der Waals surface area contributed by atoms with Crippen LogP contribution < -0.4 is 0 Å². The van der Waals surface area contributed by atoms with Gasteiger partial charge in [-0.05, 0) is 99.7 Å². The molecule has 2 aliphatic heterocycles. The fourth-order valence-electron chi connectivity index (χ4n) is 11.8. The van der Waals surface area contributed by atoms with E-state index in [1.807, 2.05) is 0 Å². The van der Waals surface area contributed by atoms with E-state index in [0.717, 1.165) is 90.4 Å². The Morgan fingerprint density at radius 3 is 1.64 bits per heavy atom. The first-order valence-corrected chi connectivity index (χ1v) is 18.5. The summed E-state index contributed by atoms with van der Waals surface area (Å²) in [5, 5.41) is 0. The molecule has 0 unspecified atom stereocenters. The fourth-order valence-corrected chi connectivity index (χ4v) is 11.8. The number of hydrogen-bond acceptors (Lipinski definition) is 10. The topological polar surface area (TPSA) is 112 Å². The second-order valence-corrected chi connectivity index (χ2v) is 16.4. The van der Waals surface area contributed by atoms with Crippen molar-refractivity contribution in [3.05, 3.63) is 0 Å². The SMILES string of the molecule is CC(=O)OC1CCN([C@H]2C[C@@]3(C)[C@@H](CC[C@@H]4[C@@H]3CC[C@@]3(C)[C@H]4C[C@H](N4CCC(OC(C)=O)CC4)[C@@H]3OC(C)=O)C[C@@H]2OC(C)=O)CC1. The minimum atomic E-state index is -0.219. The van der Waals surface area contributed by atoms with E-state index in [9.17, 15) is 19.2 Å².